The molecule has 0 amide bonds. The van der Waals surface area contributed by atoms with E-state index in [1.807, 2.05) is 13.0 Å². The van der Waals surface area contributed by atoms with Crippen molar-refractivity contribution in [3.8, 4) is 0 Å². The first-order chi connectivity index (χ1) is 8.18. The third-order valence-corrected chi connectivity index (χ3v) is 3.38. The number of rotatable bonds is 2. The predicted molar refractivity (Wildman–Crippen MR) is 64.5 cm³/mol. The fraction of sp³-hybridized carbons (Fsp3) is 0.571. The Morgan fingerprint density at radius 2 is 2.00 bits per heavy atom. The molecule has 0 aromatic rings. The summed E-state index contributed by atoms with van der Waals surface area (Å²) >= 11 is 0. The number of hydrogen-bond acceptors (Lipinski definition) is 3. The number of Topliss-reactive ketones (excluding diaryl/α,β-unsaturated/α-hetero) is 2. The average molecular weight is 234 g/mol. The SMILES string of the molecule is CC1=C(C(=O)C2=CCCCO2)CCC(=O)CC1. The minimum atomic E-state index is -0.00287. The summed E-state index contributed by atoms with van der Waals surface area (Å²) in [5.41, 5.74) is 1.85. The topological polar surface area (TPSA) is 43.4 Å². The van der Waals surface area contributed by atoms with Crippen LogP contribution in [-0.2, 0) is 14.3 Å². The van der Waals surface area contributed by atoms with Crippen molar-refractivity contribution in [2.24, 2.45) is 0 Å². The van der Waals surface area contributed by atoms with Crippen LogP contribution in [0.3, 0.4) is 0 Å². The van der Waals surface area contributed by atoms with Gasteiger partial charge in [0.1, 0.15) is 5.78 Å². The zero-order valence-corrected chi connectivity index (χ0v) is 10.3. The molecule has 0 N–H and O–H groups in total. The number of ether oxygens (including phenoxy) is 1. The van der Waals surface area contributed by atoms with E-state index in [9.17, 15) is 9.59 Å². The van der Waals surface area contributed by atoms with Crippen molar-refractivity contribution < 1.29 is 14.3 Å². The Morgan fingerprint density at radius 1 is 1.24 bits per heavy atom. The summed E-state index contributed by atoms with van der Waals surface area (Å²) in [5.74, 6) is 0.738. The van der Waals surface area contributed by atoms with Gasteiger partial charge in [-0.3, -0.25) is 9.59 Å². The molecule has 0 fully saturated rings. The quantitative estimate of drug-likeness (QED) is 0.737. The van der Waals surface area contributed by atoms with Crippen LogP contribution in [0.2, 0.25) is 0 Å². The van der Waals surface area contributed by atoms with Gasteiger partial charge in [0, 0.05) is 18.4 Å². The Kier molecular flexibility index (Phi) is 3.77. The van der Waals surface area contributed by atoms with Gasteiger partial charge in [0.05, 0.1) is 6.61 Å². The summed E-state index contributed by atoms with van der Waals surface area (Å²) in [6, 6.07) is 0. The van der Waals surface area contributed by atoms with E-state index in [-0.39, 0.29) is 11.6 Å². The minimum absolute atomic E-state index is 0.00287. The van der Waals surface area contributed by atoms with Crippen molar-refractivity contribution in [3.05, 3.63) is 23.0 Å². The first-order valence-electron chi connectivity index (χ1n) is 6.26. The smallest absolute Gasteiger partial charge is 0.223 e. The summed E-state index contributed by atoms with van der Waals surface area (Å²) in [6.45, 7) is 2.58. The molecule has 0 aromatic heterocycles. The monoisotopic (exact) mass is 234 g/mol. The highest BCUT2D eigenvalue weighted by molar-refractivity contribution is 6.07. The standard InChI is InChI=1S/C14H18O3/c1-10-5-6-11(15)7-8-12(10)14(16)13-4-2-3-9-17-13/h4H,2-3,5-9H2,1H3. The van der Waals surface area contributed by atoms with Crippen molar-refractivity contribution in [2.45, 2.75) is 45.4 Å². The van der Waals surface area contributed by atoms with Crippen molar-refractivity contribution in [2.75, 3.05) is 6.61 Å². The Bertz CT molecular complexity index is 402. The van der Waals surface area contributed by atoms with E-state index < -0.39 is 0 Å². The zero-order valence-electron chi connectivity index (χ0n) is 10.3. The molecule has 0 saturated heterocycles. The predicted octanol–water partition coefficient (Wildman–Crippen LogP) is 2.71. The molecule has 0 saturated carbocycles. The normalized spacial score (nSPS) is 21.7. The molecule has 0 aromatic carbocycles. The lowest BCUT2D eigenvalue weighted by atomic mass is 9.98. The summed E-state index contributed by atoms with van der Waals surface area (Å²) in [7, 11) is 0. The Labute approximate surface area is 102 Å². The second-order valence-electron chi connectivity index (χ2n) is 4.69. The van der Waals surface area contributed by atoms with E-state index >= 15 is 0 Å². The van der Waals surface area contributed by atoms with Gasteiger partial charge in [-0.15, -0.1) is 0 Å². The fourth-order valence-electron chi connectivity index (χ4n) is 2.25. The molecule has 3 heteroatoms. The molecule has 0 unspecified atom stereocenters. The third-order valence-electron chi connectivity index (χ3n) is 3.38. The van der Waals surface area contributed by atoms with Gasteiger partial charge in [-0.05, 0) is 38.7 Å². The molecule has 0 spiro atoms. The summed E-state index contributed by atoms with van der Waals surface area (Å²) in [5, 5.41) is 0. The van der Waals surface area contributed by atoms with Crippen molar-refractivity contribution in [1.29, 1.82) is 0 Å². The van der Waals surface area contributed by atoms with Crippen LogP contribution in [0.4, 0.5) is 0 Å². The van der Waals surface area contributed by atoms with Gasteiger partial charge in [0.25, 0.3) is 0 Å². The zero-order chi connectivity index (χ0) is 12.3. The van der Waals surface area contributed by atoms with Crippen LogP contribution < -0.4 is 0 Å². The Morgan fingerprint density at radius 3 is 2.71 bits per heavy atom. The molecule has 1 heterocycles. The number of ketones is 2. The first kappa shape index (κ1) is 12.1. The molecule has 17 heavy (non-hydrogen) atoms. The molecule has 2 aliphatic rings. The number of allylic oxidation sites excluding steroid dienone is 3. The Balaban J connectivity index is 2.17. The van der Waals surface area contributed by atoms with Crippen LogP contribution in [0.1, 0.15) is 45.4 Å². The average Bonchev–Trinajstić information content (AvgIpc) is 2.52. The van der Waals surface area contributed by atoms with Gasteiger partial charge in [-0.1, -0.05) is 5.57 Å². The van der Waals surface area contributed by atoms with E-state index in [0.29, 0.717) is 38.0 Å². The van der Waals surface area contributed by atoms with Crippen LogP contribution in [0, 0.1) is 0 Å². The molecular formula is C14H18O3. The van der Waals surface area contributed by atoms with E-state index in [1.165, 1.54) is 0 Å². The molecule has 0 bridgehead atoms. The van der Waals surface area contributed by atoms with Crippen molar-refractivity contribution >= 4 is 11.6 Å². The van der Waals surface area contributed by atoms with Crippen molar-refractivity contribution in [3.63, 3.8) is 0 Å². The van der Waals surface area contributed by atoms with Gasteiger partial charge >= 0.3 is 0 Å². The van der Waals surface area contributed by atoms with Crippen LogP contribution in [0.25, 0.3) is 0 Å². The molecule has 1 aliphatic heterocycles. The van der Waals surface area contributed by atoms with E-state index in [1.54, 1.807) is 0 Å². The lowest BCUT2D eigenvalue weighted by molar-refractivity contribution is -0.118. The van der Waals surface area contributed by atoms with Gasteiger partial charge in [0.2, 0.25) is 5.78 Å². The molecule has 0 radical (unpaired) electrons. The maximum absolute atomic E-state index is 12.3. The maximum Gasteiger partial charge on any atom is 0.223 e. The Hall–Kier alpha value is -1.38. The highest BCUT2D eigenvalue weighted by Crippen LogP contribution is 2.26. The van der Waals surface area contributed by atoms with Gasteiger partial charge in [0.15, 0.2) is 5.76 Å². The van der Waals surface area contributed by atoms with Gasteiger partial charge in [-0.2, -0.15) is 0 Å². The van der Waals surface area contributed by atoms with E-state index in [2.05, 4.69) is 0 Å². The van der Waals surface area contributed by atoms with Crippen LogP contribution in [0.15, 0.2) is 23.0 Å². The van der Waals surface area contributed by atoms with E-state index in [4.69, 9.17) is 4.74 Å². The largest absolute Gasteiger partial charge is 0.490 e. The summed E-state index contributed by atoms with van der Waals surface area (Å²) < 4.78 is 5.40. The highest BCUT2D eigenvalue weighted by Gasteiger charge is 2.23. The lowest BCUT2D eigenvalue weighted by Gasteiger charge is -2.16. The minimum Gasteiger partial charge on any atom is -0.490 e. The second-order valence-corrected chi connectivity index (χ2v) is 4.69. The molecular weight excluding hydrogens is 216 g/mol. The van der Waals surface area contributed by atoms with Crippen molar-refractivity contribution in [1.82, 2.24) is 0 Å². The van der Waals surface area contributed by atoms with Gasteiger partial charge < -0.3 is 4.74 Å². The molecule has 1 aliphatic carbocycles. The molecule has 2 rings (SSSR count). The summed E-state index contributed by atoms with van der Waals surface area (Å²) in [4.78, 5) is 23.6. The molecule has 0 atom stereocenters. The number of carbonyl (C=O) groups excluding carboxylic acids is 2. The van der Waals surface area contributed by atoms with Gasteiger partial charge in [-0.25, -0.2) is 0 Å². The lowest BCUT2D eigenvalue weighted by Crippen LogP contribution is -2.14. The second kappa shape index (κ2) is 5.30. The van der Waals surface area contributed by atoms with Crippen LogP contribution >= 0.6 is 0 Å². The first-order valence-corrected chi connectivity index (χ1v) is 6.26. The molecule has 3 nitrogen and oxygen atoms in total. The number of carbonyl (C=O) groups is 2. The molecule has 92 valence electrons. The van der Waals surface area contributed by atoms with E-state index in [0.717, 1.165) is 24.0 Å². The summed E-state index contributed by atoms with van der Waals surface area (Å²) in [6.07, 6.45) is 6.12. The van der Waals surface area contributed by atoms with Crippen LogP contribution in [0.5, 0.6) is 0 Å². The highest BCUT2D eigenvalue weighted by atomic mass is 16.5. The fourth-order valence-corrected chi connectivity index (χ4v) is 2.25. The maximum atomic E-state index is 12.3. The van der Waals surface area contributed by atoms with Crippen LogP contribution in [-0.4, -0.2) is 18.2 Å². The number of hydrogen-bond donors (Lipinski definition) is 0. The third kappa shape index (κ3) is 2.84.